The number of nitrogens with one attached hydrogen (secondary N) is 1. The van der Waals surface area contributed by atoms with E-state index >= 15 is 0 Å². The number of pyridine rings is 1. The van der Waals surface area contributed by atoms with Crippen LogP contribution < -0.4 is 4.74 Å². The summed E-state index contributed by atoms with van der Waals surface area (Å²) in [5.41, 5.74) is 2.87. The van der Waals surface area contributed by atoms with Crippen LogP contribution in [0.5, 0.6) is 5.75 Å². The molecule has 0 spiro atoms. The van der Waals surface area contributed by atoms with Gasteiger partial charge in [-0.1, -0.05) is 0 Å². The molecule has 0 saturated carbocycles. The zero-order chi connectivity index (χ0) is 15.0. The van der Waals surface area contributed by atoms with Gasteiger partial charge in [0.15, 0.2) is 10.6 Å². The van der Waals surface area contributed by atoms with E-state index in [0.717, 1.165) is 40.3 Å². The first-order valence-corrected chi connectivity index (χ1v) is 7.16. The van der Waals surface area contributed by atoms with Gasteiger partial charge < -0.3 is 9.30 Å². The maximum atomic E-state index is 5.32. The molecule has 2 aromatic heterocycles. The van der Waals surface area contributed by atoms with Crippen molar-refractivity contribution in [3.63, 3.8) is 0 Å². The number of H-pyrrole nitrogens is 1. The Morgan fingerprint density at radius 1 is 1.33 bits per heavy atom. The molecule has 0 unspecified atom stereocenters. The molecule has 0 atom stereocenters. The Hall–Kier alpha value is -2.21. The van der Waals surface area contributed by atoms with Gasteiger partial charge in [-0.25, -0.2) is 0 Å². The first-order chi connectivity index (χ1) is 10.1. The Balaban J connectivity index is 2.37. The van der Waals surface area contributed by atoms with Crippen LogP contribution in [0.4, 0.5) is 0 Å². The van der Waals surface area contributed by atoms with Gasteiger partial charge in [0, 0.05) is 23.2 Å². The maximum Gasteiger partial charge on any atom is 0.195 e. The number of aromatic amines is 1. The highest BCUT2D eigenvalue weighted by Gasteiger charge is 2.13. The molecule has 108 valence electrons. The SMILES string of the molecule is CCn1c(-c2cc(C)nc3ccc(OC)cc23)n[nH]c1=S. The van der Waals surface area contributed by atoms with E-state index in [1.165, 1.54) is 0 Å². The van der Waals surface area contributed by atoms with Crippen LogP contribution in [0.2, 0.25) is 0 Å². The summed E-state index contributed by atoms with van der Waals surface area (Å²) in [6.07, 6.45) is 0. The molecule has 0 radical (unpaired) electrons. The lowest BCUT2D eigenvalue weighted by molar-refractivity contribution is 0.415. The largest absolute Gasteiger partial charge is 0.497 e. The molecule has 0 fully saturated rings. The molecular formula is C15H16N4OS. The smallest absolute Gasteiger partial charge is 0.195 e. The van der Waals surface area contributed by atoms with E-state index in [4.69, 9.17) is 17.0 Å². The average molecular weight is 300 g/mol. The van der Waals surface area contributed by atoms with Gasteiger partial charge in [-0.05, 0) is 50.3 Å². The van der Waals surface area contributed by atoms with Gasteiger partial charge in [0.2, 0.25) is 0 Å². The molecule has 5 nitrogen and oxygen atoms in total. The van der Waals surface area contributed by atoms with Crippen LogP contribution in [-0.2, 0) is 6.54 Å². The summed E-state index contributed by atoms with van der Waals surface area (Å²) >= 11 is 5.28. The van der Waals surface area contributed by atoms with E-state index < -0.39 is 0 Å². The summed E-state index contributed by atoms with van der Waals surface area (Å²) in [4.78, 5) is 4.57. The second-order valence-corrected chi connectivity index (χ2v) is 5.18. The number of rotatable bonds is 3. The van der Waals surface area contributed by atoms with Gasteiger partial charge in [0.1, 0.15) is 5.75 Å². The van der Waals surface area contributed by atoms with Crippen molar-refractivity contribution in [2.45, 2.75) is 20.4 Å². The maximum absolute atomic E-state index is 5.32. The molecule has 0 aliphatic heterocycles. The van der Waals surface area contributed by atoms with E-state index in [-0.39, 0.29) is 0 Å². The summed E-state index contributed by atoms with van der Waals surface area (Å²) in [7, 11) is 1.66. The minimum absolute atomic E-state index is 0.623. The van der Waals surface area contributed by atoms with Crippen molar-refractivity contribution in [1.29, 1.82) is 0 Å². The average Bonchev–Trinajstić information content (AvgIpc) is 2.86. The molecule has 21 heavy (non-hydrogen) atoms. The number of hydrogen-bond donors (Lipinski definition) is 1. The number of benzene rings is 1. The number of hydrogen-bond acceptors (Lipinski definition) is 4. The molecule has 0 bridgehead atoms. The number of nitrogens with zero attached hydrogens (tertiary/aromatic N) is 3. The van der Waals surface area contributed by atoms with Crippen LogP contribution in [0.15, 0.2) is 24.3 Å². The van der Waals surface area contributed by atoms with E-state index in [9.17, 15) is 0 Å². The van der Waals surface area contributed by atoms with Gasteiger partial charge in [-0.15, -0.1) is 0 Å². The van der Waals surface area contributed by atoms with Crippen molar-refractivity contribution in [2.75, 3.05) is 7.11 Å². The molecule has 0 aliphatic rings. The van der Waals surface area contributed by atoms with Crippen LogP contribution in [0.3, 0.4) is 0 Å². The van der Waals surface area contributed by atoms with Crippen LogP contribution >= 0.6 is 12.2 Å². The van der Waals surface area contributed by atoms with Crippen LogP contribution in [0.25, 0.3) is 22.3 Å². The van der Waals surface area contributed by atoms with Crippen molar-refractivity contribution in [3.05, 3.63) is 34.7 Å². The molecule has 0 aliphatic carbocycles. The van der Waals surface area contributed by atoms with Crippen molar-refractivity contribution in [1.82, 2.24) is 19.7 Å². The zero-order valence-electron chi connectivity index (χ0n) is 12.2. The number of ether oxygens (including phenoxy) is 1. The summed E-state index contributed by atoms with van der Waals surface area (Å²) in [6.45, 7) is 4.79. The Morgan fingerprint density at radius 3 is 2.86 bits per heavy atom. The second-order valence-electron chi connectivity index (χ2n) is 4.79. The molecule has 0 amide bonds. The summed E-state index contributed by atoms with van der Waals surface area (Å²) < 4.78 is 7.92. The third-order valence-corrected chi connectivity index (χ3v) is 3.77. The molecule has 2 heterocycles. The quantitative estimate of drug-likeness (QED) is 0.752. The summed E-state index contributed by atoms with van der Waals surface area (Å²) in [6, 6.07) is 7.88. The fourth-order valence-electron chi connectivity index (χ4n) is 2.47. The fourth-order valence-corrected chi connectivity index (χ4v) is 2.73. The first kappa shape index (κ1) is 13.8. The number of fused-ring (bicyclic) bond motifs is 1. The number of methoxy groups -OCH3 is 1. The van der Waals surface area contributed by atoms with E-state index in [1.54, 1.807) is 7.11 Å². The van der Waals surface area contributed by atoms with Crippen LogP contribution in [-0.4, -0.2) is 26.9 Å². The minimum Gasteiger partial charge on any atom is -0.497 e. The highest BCUT2D eigenvalue weighted by atomic mass is 32.1. The molecule has 1 N–H and O–H groups in total. The third kappa shape index (κ3) is 2.31. The van der Waals surface area contributed by atoms with Gasteiger partial charge in [0.05, 0.1) is 12.6 Å². The number of aromatic nitrogens is 4. The van der Waals surface area contributed by atoms with E-state index in [2.05, 4.69) is 15.2 Å². The molecule has 3 rings (SSSR count). The monoisotopic (exact) mass is 300 g/mol. The second kappa shape index (κ2) is 5.29. The lowest BCUT2D eigenvalue weighted by atomic mass is 10.1. The van der Waals surface area contributed by atoms with E-state index in [1.807, 2.05) is 42.7 Å². The van der Waals surface area contributed by atoms with Gasteiger partial charge in [-0.3, -0.25) is 10.1 Å². The van der Waals surface area contributed by atoms with Crippen molar-refractivity contribution in [2.24, 2.45) is 0 Å². The standard InChI is InChI=1S/C15H16N4OS/c1-4-19-14(17-18-15(19)21)12-7-9(2)16-13-6-5-10(20-3)8-11(12)13/h5-8H,4H2,1-3H3,(H,18,21). The Labute approximate surface area is 127 Å². The lowest BCUT2D eigenvalue weighted by Crippen LogP contribution is -1.99. The van der Waals surface area contributed by atoms with Gasteiger partial charge in [0.25, 0.3) is 0 Å². The Morgan fingerprint density at radius 2 is 2.14 bits per heavy atom. The molecule has 3 aromatic rings. The van der Waals surface area contributed by atoms with Gasteiger partial charge in [-0.2, -0.15) is 5.10 Å². The summed E-state index contributed by atoms with van der Waals surface area (Å²) in [5, 5.41) is 8.25. The van der Waals surface area contributed by atoms with Crippen molar-refractivity contribution in [3.8, 4) is 17.1 Å². The van der Waals surface area contributed by atoms with Crippen LogP contribution in [0.1, 0.15) is 12.6 Å². The van der Waals surface area contributed by atoms with Crippen LogP contribution in [0, 0.1) is 11.7 Å². The molecular weight excluding hydrogens is 284 g/mol. The molecule has 1 aromatic carbocycles. The van der Waals surface area contributed by atoms with Crippen molar-refractivity contribution >= 4 is 23.1 Å². The first-order valence-electron chi connectivity index (χ1n) is 6.75. The zero-order valence-corrected chi connectivity index (χ0v) is 13.0. The predicted octanol–water partition coefficient (Wildman–Crippen LogP) is 3.49. The predicted molar refractivity (Wildman–Crippen MR) is 85.1 cm³/mol. The number of aryl methyl sites for hydroxylation is 1. The topological polar surface area (TPSA) is 55.7 Å². The fraction of sp³-hybridized carbons (Fsp3) is 0.267. The highest BCUT2D eigenvalue weighted by Crippen LogP contribution is 2.30. The molecule has 6 heteroatoms. The van der Waals surface area contributed by atoms with Gasteiger partial charge >= 0.3 is 0 Å². The lowest BCUT2D eigenvalue weighted by Gasteiger charge is -2.10. The summed E-state index contributed by atoms with van der Waals surface area (Å²) in [5.74, 6) is 1.62. The Bertz CT molecular complexity index is 866. The molecule has 0 saturated heterocycles. The van der Waals surface area contributed by atoms with Crippen molar-refractivity contribution < 1.29 is 4.74 Å². The van der Waals surface area contributed by atoms with E-state index in [0.29, 0.717) is 4.77 Å². The third-order valence-electron chi connectivity index (χ3n) is 3.46. The Kier molecular flexibility index (Phi) is 3.47. The minimum atomic E-state index is 0.623. The highest BCUT2D eigenvalue weighted by molar-refractivity contribution is 7.71. The normalized spacial score (nSPS) is 11.0.